The van der Waals surface area contributed by atoms with Gasteiger partial charge in [-0.15, -0.1) is 0 Å². The molecule has 0 aromatic heterocycles. The smallest absolute Gasteiger partial charge is 0.166 e. The van der Waals surface area contributed by atoms with Crippen LogP contribution in [0.3, 0.4) is 0 Å². The Morgan fingerprint density at radius 3 is 3.00 bits per heavy atom. The molecule has 0 amide bonds. The van der Waals surface area contributed by atoms with E-state index in [0.717, 1.165) is 38.5 Å². The second-order valence-electron chi connectivity index (χ2n) is 4.67. The molecule has 0 aromatic rings. The fourth-order valence-electron chi connectivity index (χ4n) is 2.35. The summed E-state index contributed by atoms with van der Waals surface area (Å²) in [7, 11) is -2.99. The van der Waals surface area contributed by atoms with Crippen molar-refractivity contribution in [1.82, 2.24) is 10.2 Å². The number of nitrogens with zero attached hydrogens (tertiary/aromatic N) is 1. The van der Waals surface area contributed by atoms with E-state index in [1.165, 1.54) is 0 Å². The van der Waals surface area contributed by atoms with Gasteiger partial charge in [0.05, 0.1) is 12.7 Å². The van der Waals surface area contributed by atoms with Crippen LogP contribution in [-0.2, 0) is 14.6 Å². The third kappa shape index (κ3) is 3.60. The molecule has 2 heterocycles. The van der Waals surface area contributed by atoms with Gasteiger partial charge in [-0.3, -0.25) is 4.90 Å². The standard InChI is InChI=1S/C11H22N2O3S2/c1-2-18(14,15)11-9-17-6-4-13(11)8-10-7-12-3-5-16-10/h10-12H,2-9H2,1H3. The molecule has 5 nitrogen and oxygen atoms in total. The second kappa shape index (κ2) is 6.56. The van der Waals surface area contributed by atoms with Crippen molar-refractivity contribution in [3.05, 3.63) is 0 Å². The molecule has 18 heavy (non-hydrogen) atoms. The molecule has 2 rings (SSSR count). The molecular formula is C11H22N2O3S2. The van der Waals surface area contributed by atoms with E-state index in [9.17, 15) is 8.42 Å². The largest absolute Gasteiger partial charge is 0.374 e. The summed E-state index contributed by atoms with van der Waals surface area (Å²) in [6.45, 7) is 5.72. The quantitative estimate of drug-likeness (QED) is 0.774. The van der Waals surface area contributed by atoms with Gasteiger partial charge in [-0.25, -0.2) is 8.42 Å². The van der Waals surface area contributed by atoms with E-state index in [1.54, 1.807) is 18.7 Å². The Kier molecular flexibility index (Phi) is 5.32. The van der Waals surface area contributed by atoms with Crippen LogP contribution in [0.25, 0.3) is 0 Å². The van der Waals surface area contributed by atoms with Crippen molar-refractivity contribution in [2.45, 2.75) is 18.4 Å². The monoisotopic (exact) mass is 294 g/mol. The molecule has 1 N–H and O–H groups in total. The van der Waals surface area contributed by atoms with E-state index < -0.39 is 9.84 Å². The Bertz CT molecular complexity index is 355. The third-order valence-corrected chi connectivity index (χ3v) is 6.78. The first-order valence-corrected chi connectivity index (χ1v) is 9.36. The first-order chi connectivity index (χ1) is 8.63. The number of rotatable bonds is 4. The molecule has 0 bridgehead atoms. The van der Waals surface area contributed by atoms with Crippen LogP contribution in [0.5, 0.6) is 0 Å². The number of thioether (sulfide) groups is 1. The first kappa shape index (κ1) is 14.6. The molecular weight excluding hydrogens is 272 g/mol. The lowest BCUT2D eigenvalue weighted by molar-refractivity contribution is 0.00476. The van der Waals surface area contributed by atoms with Crippen LogP contribution in [0.1, 0.15) is 6.92 Å². The van der Waals surface area contributed by atoms with Crippen molar-refractivity contribution in [2.24, 2.45) is 0 Å². The van der Waals surface area contributed by atoms with Gasteiger partial charge in [0.2, 0.25) is 0 Å². The van der Waals surface area contributed by atoms with Gasteiger partial charge in [-0.1, -0.05) is 6.92 Å². The molecule has 2 saturated heterocycles. The Morgan fingerprint density at radius 2 is 2.33 bits per heavy atom. The fraction of sp³-hybridized carbons (Fsp3) is 1.00. The number of nitrogens with one attached hydrogen (secondary N) is 1. The molecule has 0 radical (unpaired) electrons. The molecule has 0 spiro atoms. The summed E-state index contributed by atoms with van der Waals surface area (Å²) in [6.07, 6.45) is 0.122. The van der Waals surface area contributed by atoms with Crippen LogP contribution >= 0.6 is 11.8 Å². The van der Waals surface area contributed by atoms with E-state index in [1.807, 2.05) is 0 Å². The van der Waals surface area contributed by atoms with E-state index in [2.05, 4.69) is 10.2 Å². The molecule has 2 atom stereocenters. The summed E-state index contributed by atoms with van der Waals surface area (Å²) >= 11 is 1.73. The van der Waals surface area contributed by atoms with Crippen molar-refractivity contribution in [2.75, 3.05) is 50.0 Å². The minimum absolute atomic E-state index is 0.122. The van der Waals surface area contributed by atoms with Crippen molar-refractivity contribution in [3.63, 3.8) is 0 Å². The highest BCUT2D eigenvalue weighted by Gasteiger charge is 2.34. The normalized spacial score (nSPS) is 31.4. The van der Waals surface area contributed by atoms with Gasteiger partial charge in [-0.05, 0) is 0 Å². The minimum atomic E-state index is -2.99. The SMILES string of the molecule is CCS(=O)(=O)C1CSCCN1CC1CNCCO1. The van der Waals surface area contributed by atoms with Gasteiger partial charge in [0, 0.05) is 43.4 Å². The highest BCUT2D eigenvalue weighted by molar-refractivity contribution is 8.01. The predicted molar refractivity (Wildman–Crippen MR) is 74.8 cm³/mol. The summed E-state index contributed by atoms with van der Waals surface area (Å²) in [5, 5.41) is 2.96. The Labute approximate surface area is 114 Å². The molecule has 7 heteroatoms. The summed E-state index contributed by atoms with van der Waals surface area (Å²) in [5.41, 5.74) is 0. The molecule has 2 aliphatic rings. The Morgan fingerprint density at radius 1 is 1.50 bits per heavy atom. The zero-order valence-corrected chi connectivity index (χ0v) is 12.4. The summed E-state index contributed by atoms with van der Waals surface area (Å²) in [6, 6.07) is 0. The van der Waals surface area contributed by atoms with Crippen LogP contribution in [0.2, 0.25) is 0 Å². The van der Waals surface area contributed by atoms with Gasteiger partial charge in [0.25, 0.3) is 0 Å². The first-order valence-electron chi connectivity index (χ1n) is 6.49. The number of sulfone groups is 1. The predicted octanol–water partition coefficient (Wildman–Crippen LogP) is -0.216. The lowest BCUT2D eigenvalue weighted by Gasteiger charge is -2.37. The topological polar surface area (TPSA) is 58.6 Å². The van der Waals surface area contributed by atoms with E-state index >= 15 is 0 Å². The number of hydrogen-bond donors (Lipinski definition) is 1. The molecule has 0 saturated carbocycles. The number of hydrogen-bond acceptors (Lipinski definition) is 6. The van der Waals surface area contributed by atoms with Gasteiger partial charge in [-0.2, -0.15) is 11.8 Å². The molecule has 106 valence electrons. The van der Waals surface area contributed by atoms with Crippen LogP contribution < -0.4 is 5.32 Å². The van der Waals surface area contributed by atoms with Crippen LogP contribution in [0.4, 0.5) is 0 Å². The summed E-state index contributed by atoms with van der Waals surface area (Å²) < 4.78 is 29.9. The molecule has 2 unspecified atom stereocenters. The fourth-order valence-corrected chi connectivity index (χ4v) is 5.44. The zero-order chi connectivity index (χ0) is 13.0. The zero-order valence-electron chi connectivity index (χ0n) is 10.8. The van der Waals surface area contributed by atoms with Crippen LogP contribution in [-0.4, -0.2) is 74.8 Å². The average Bonchev–Trinajstić information content (AvgIpc) is 2.40. The van der Waals surface area contributed by atoms with Gasteiger partial charge in [0.1, 0.15) is 5.37 Å². The maximum absolute atomic E-state index is 12.1. The Balaban J connectivity index is 1.99. The van der Waals surface area contributed by atoms with Gasteiger partial charge in [0.15, 0.2) is 9.84 Å². The summed E-state index contributed by atoms with van der Waals surface area (Å²) in [4.78, 5) is 2.09. The average molecular weight is 294 g/mol. The van der Waals surface area contributed by atoms with Crippen molar-refractivity contribution < 1.29 is 13.2 Å². The van der Waals surface area contributed by atoms with Crippen molar-refractivity contribution in [3.8, 4) is 0 Å². The van der Waals surface area contributed by atoms with Gasteiger partial charge < -0.3 is 10.1 Å². The molecule has 2 aliphatic heterocycles. The maximum atomic E-state index is 12.1. The third-order valence-electron chi connectivity index (χ3n) is 3.45. The number of ether oxygens (including phenoxy) is 1. The maximum Gasteiger partial charge on any atom is 0.166 e. The summed E-state index contributed by atoms with van der Waals surface area (Å²) in [5.74, 6) is 1.92. The minimum Gasteiger partial charge on any atom is -0.374 e. The van der Waals surface area contributed by atoms with Crippen molar-refractivity contribution >= 4 is 21.6 Å². The lowest BCUT2D eigenvalue weighted by Crippen LogP contribution is -2.53. The van der Waals surface area contributed by atoms with Crippen LogP contribution in [0.15, 0.2) is 0 Å². The highest BCUT2D eigenvalue weighted by atomic mass is 32.2. The molecule has 0 aromatic carbocycles. The van der Waals surface area contributed by atoms with Crippen LogP contribution in [0, 0.1) is 0 Å². The second-order valence-corrected chi connectivity index (χ2v) is 8.27. The molecule has 0 aliphatic carbocycles. The van der Waals surface area contributed by atoms with E-state index in [0.29, 0.717) is 5.75 Å². The van der Waals surface area contributed by atoms with E-state index in [-0.39, 0.29) is 17.2 Å². The van der Waals surface area contributed by atoms with Gasteiger partial charge >= 0.3 is 0 Å². The Hall–Kier alpha value is 0.180. The lowest BCUT2D eigenvalue weighted by atomic mass is 10.3. The van der Waals surface area contributed by atoms with E-state index in [4.69, 9.17) is 4.74 Å². The molecule has 2 fully saturated rings. The van der Waals surface area contributed by atoms with Crippen molar-refractivity contribution in [1.29, 1.82) is 0 Å². The highest BCUT2D eigenvalue weighted by Crippen LogP contribution is 2.22. The number of morpholine rings is 1.